The van der Waals surface area contributed by atoms with Gasteiger partial charge in [0.05, 0.1) is 25.7 Å². The van der Waals surface area contributed by atoms with Crippen molar-refractivity contribution in [1.29, 1.82) is 0 Å². The van der Waals surface area contributed by atoms with E-state index >= 15 is 0 Å². The molecule has 1 aromatic heterocycles. The highest BCUT2D eigenvalue weighted by molar-refractivity contribution is 7.90. The van der Waals surface area contributed by atoms with Crippen LogP contribution in [0.4, 0.5) is 0 Å². The average Bonchev–Trinajstić information content (AvgIpc) is 2.99. The molecule has 3 rings (SSSR count). The van der Waals surface area contributed by atoms with Crippen LogP contribution in [-0.2, 0) is 16.6 Å². The molecular formula is C18H15ClN2O4S2. The number of hydrogen-bond donors (Lipinski definition) is 0. The van der Waals surface area contributed by atoms with Gasteiger partial charge in [-0.2, -0.15) is 8.42 Å². The van der Waals surface area contributed by atoms with E-state index in [1.807, 2.05) is 0 Å². The van der Waals surface area contributed by atoms with Gasteiger partial charge in [-0.15, -0.1) is 10.8 Å². The minimum absolute atomic E-state index is 0.0375. The summed E-state index contributed by atoms with van der Waals surface area (Å²) in [5, 5.41) is 0.438. The number of rotatable bonds is 5. The van der Waals surface area contributed by atoms with Gasteiger partial charge in [-0.1, -0.05) is 28.9 Å². The zero-order valence-corrected chi connectivity index (χ0v) is 16.9. The smallest absolute Gasteiger partial charge is 0.285 e. The maximum absolute atomic E-state index is 12.7. The molecule has 0 N–H and O–H groups in total. The first-order valence-electron chi connectivity index (χ1n) is 7.65. The van der Waals surface area contributed by atoms with E-state index in [4.69, 9.17) is 27.5 Å². The van der Waals surface area contributed by atoms with Gasteiger partial charge < -0.3 is 14.0 Å². The summed E-state index contributed by atoms with van der Waals surface area (Å²) in [5.74, 6) is 3.65. The number of thiazole rings is 1. The van der Waals surface area contributed by atoms with Crippen LogP contribution in [0.1, 0.15) is 0 Å². The number of ether oxygens (including phenoxy) is 2. The Labute approximate surface area is 165 Å². The van der Waals surface area contributed by atoms with Crippen molar-refractivity contribution in [2.45, 2.75) is 11.4 Å². The molecule has 1 heterocycles. The van der Waals surface area contributed by atoms with E-state index < -0.39 is 10.0 Å². The van der Waals surface area contributed by atoms with Crippen LogP contribution in [0.3, 0.4) is 0 Å². The number of methoxy groups -OCH3 is 2. The number of halogens is 1. The summed E-state index contributed by atoms with van der Waals surface area (Å²) in [5.41, 5.74) is 0.629. The SMILES string of the molecule is C#CCn1/c(=N/S(=O)(=O)c2ccc(Cl)cc2)sc2c(OC)ccc(OC)c21. The summed E-state index contributed by atoms with van der Waals surface area (Å²) in [4.78, 5) is 0.260. The number of sulfonamides is 1. The lowest BCUT2D eigenvalue weighted by Crippen LogP contribution is -2.17. The highest BCUT2D eigenvalue weighted by atomic mass is 35.5. The molecule has 0 saturated heterocycles. The molecule has 0 aliphatic carbocycles. The normalized spacial score (nSPS) is 12.1. The Bertz CT molecular complexity index is 1200. The molecule has 140 valence electrons. The summed E-state index contributed by atoms with van der Waals surface area (Å²) in [7, 11) is -0.888. The molecule has 0 aliphatic heterocycles. The number of nitrogens with zero attached hydrogens (tertiary/aromatic N) is 2. The molecule has 0 aliphatic rings. The lowest BCUT2D eigenvalue weighted by Gasteiger charge is -2.08. The van der Waals surface area contributed by atoms with Crippen LogP contribution in [0.2, 0.25) is 5.02 Å². The lowest BCUT2D eigenvalue weighted by molar-refractivity contribution is 0.409. The van der Waals surface area contributed by atoms with Crippen molar-refractivity contribution in [3.63, 3.8) is 0 Å². The van der Waals surface area contributed by atoms with Crippen molar-refractivity contribution in [2.24, 2.45) is 4.40 Å². The molecular weight excluding hydrogens is 408 g/mol. The monoisotopic (exact) mass is 422 g/mol. The van der Waals surface area contributed by atoms with E-state index in [1.54, 1.807) is 16.7 Å². The van der Waals surface area contributed by atoms with Crippen LogP contribution >= 0.6 is 22.9 Å². The first kappa shape index (κ1) is 19.3. The molecule has 0 fully saturated rings. The van der Waals surface area contributed by atoms with Crippen LogP contribution in [0, 0.1) is 12.3 Å². The minimum Gasteiger partial charge on any atom is -0.495 e. The van der Waals surface area contributed by atoms with Gasteiger partial charge in [0, 0.05) is 5.02 Å². The fraction of sp³-hybridized carbons (Fsp3) is 0.167. The van der Waals surface area contributed by atoms with E-state index in [9.17, 15) is 8.42 Å². The zero-order valence-electron chi connectivity index (χ0n) is 14.5. The van der Waals surface area contributed by atoms with Gasteiger partial charge in [-0.3, -0.25) is 0 Å². The summed E-state index contributed by atoms with van der Waals surface area (Å²) in [6, 6.07) is 9.28. The largest absolute Gasteiger partial charge is 0.495 e. The van der Waals surface area contributed by atoms with Crippen molar-refractivity contribution < 1.29 is 17.9 Å². The number of hydrogen-bond acceptors (Lipinski definition) is 5. The van der Waals surface area contributed by atoms with E-state index in [0.717, 1.165) is 11.3 Å². The Balaban J connectivity index is 2.33. The van der Waals surface area contributed by atoms with Crippen molar-refractivity contribution in [3.8, 4) is 23.8 Å². The molecule has 0 spiro atoms. The van der Waals surface area contributed by atoms with Crippen LogP contribution in [-0.4, -0.2) is 27.2 Å². The molecule has 0 amide bonds. The van der Waals surface area contributed by atoms with Gasteiger partial charge in [0.1, 0.15) is 21.7 Å². The molecule has 3 aromatic rings. The van der Waals surface area contributed by atoms with Gasteiger partial charge in [-0.25, -0.2) is 0 Å². The van der Waals surface area contributed by atoms with Gasteiger partial charge >= 0.3 is 0 Å². The van der Waals surface area contributed by atoms with Gasteiger partial charge in [0.2, 0.25) is 4.80 Å². The van der Waals surface area contributed by atoms with E-state index in [1.165, 1.54) is 38.5 Å². The van der Waals surface area contributed by atoms with Crippen molar-refractivity contribution >= 4 is 43.2 Å². The first-order valence-corrected chi connectivity index (χ1v) is 10.3. The van der Waals surface area contributed by atoms with Crippen LogP contribution in [0.15, 0.2) is 45.7 Å². The topological polar surface area (TPSA) is 69.9 Å². The van der Waals surface area contributed by atoms with Gasteiger partial charge in [0.15, 0.2) is 0 Å². The average molecular weight is 423 g/mol. The number of benzene rings is 2. The quantitative estimate of drug-likeness (QED) is 0.591. The third-order valence-electron chi connectivity index (χ3n) is 3.75. The van der Waals surface area contributed by atoms with Crippen molar-refractivity contribution in [2.75, 3.05) is 14.2 Å². The predicted octanol–water partition coefficient (Wildman–Crippen LogP) is 3.30. The molecule has 0 bridgehead atoms. The van der Waals surface area contributed by atoms with Crippen LogP contribution < -0.4 is 14.3 Å². The van der Waals surface area contributed by atoms with Gasteiger partial charge in [-0.05, 0) is 36.4 Å². The second-order valence-electron chi connectivity index (χ2n) is 5.34. The summed E-state index contributed by atoms with van der Waals surface area (Å²) >= 11 is 6.99. The maximum atomic E-state index is 12.7. The fourth-order valence-corrected chi connectivity index (χ4v) is 4.99. The third-order valence-corrected chi connectivity index (χ3v) is 6.49. The Kier molecular flexibility index (Phi) is 5.46. The Morgan fingerprint density at radius 2 is 1.78 bits per heavy atom. The Morgan fingerprint density at radius 3 is 2.37 bits per heavy atom. The van der Waals surface area contributed by atoms with Crippen LogP contribution in [0.5, 0.6) is 11.5 Å². The van der Waals surface area contributed by atoms with Crippen LogP contribution in [0.25, 0.3) is 10.2 Å². The molecule has 6 nitrogen and oxygen atoms in total. The molecule has 0 radical (unpaired) electrons. The fourth-order valence-electron chi connectivity index (χ4n) is 2.52. The molecule has 9 heteroatoms. The molecule has 0 saturated carbocycles. The molecule has 0 unspecified atom stereocenters. The molecule has 2 aromatic carbocycles. The second-order valence-corrected chi connectivity index (χ2v) is 8.36. The highest BCUT2D eigenvalue weighted by Crippen LogP contribution is 2.35. The summed E-state index contributed by atoms with van der Waals surface area (Å²) in [6.45, 7) is 0.124. The minimum atomic E-state index is -3.95. The van der Waals surface area contributed by atoms with Gasteiger partial charge in [0.25, 0.3) is 10.0 Å². The molecule has 0 atom stereocenters. The van der Waals surface area contributed by atoms with Crippen molar-refractivity contribution in [1.82, 2.24) is 4.57 Å². The molecule has 27 heavy (non-hydrogen) atoms. The maximum Gasteiger partial charge on any atom is 0.285 e. The number of fused-ring (bicyclic) bond motifs is 1. The zero-order chi connectivity index (χ0) is 19.6. The van der Waals surface area contributed by atoms with E-state index in [0.29, 0.717) is 26.7 Å². The number of aromatic nitrogens is 1. The Morgan fingerprint density at radius 1 is 1.15 bits per heavy atom. The summed E-state index contributed by atoms with van der Waals surface area (Å²) in [6.07, 6.45) is 5.49. The second kappa shape index (κ2) is 7.64. The first-order chi connectivity index (χ1) is 12.9. The Hall–Kier alpha value is -2.47. The standard InChI is InChI=1S/C18H15ClN2O4S2/c1-4-11-21-16-14(24-2)9-10-15(25-3)17(16)26-18(21)20-27(22,23)13-7-5-12(19)6-8-13/h1,5-10H,11H2,2-3H3/b20-18-. The highest BCUT2D eigenvalue weighted by Gasteiger charge is 2.18. The summed E-state index contributed by atoms with van der Waals surface area (Å²) < 4.78 is 42.6. The van der Waals surface area contributed by atoms with E-state index in [-0.39, 0.29) is 16.2 Å². The third kappa shape index (κ3) is 3.67. The number of terminal acetylenes is 1. The van der Waals surface area contributed by atoms with Crippen molar-refractivity contribution in [3.05, 3.63) is 46.2 Å². The predicted molar refractivity (Wildman–Crippen MR) is 106 cm³/mol. The van der Waals surface area contributed by atoms with E-state index in [2.05, 4.69) is 10.3 Å². The lowest BCUT2D eigenvalue weighted by atomic mass is 10.3.